The summed E-state index contributed by atoms with van der Waals surface area (Å²) in [5.41, 5.74) is 0. The van der Waals surface area contributed by atoms with Gasteiger partial charge in [-0.25, -0.2) is 0 Å². The molecule has 16 heavy (non-hydrogen) atoms. The topological polar surface area (TPSA) is 34.1 Å². The molecule has 1 aliphatic rings. The van der Waals surface area contributed by atoms with Crippen LogP contribution < -0.4 is 0 Å². The molecular formula is C12H13BrO2S. The minimum absolute atomic E-state index is 0.0000463. The standard InChI is InChI=1S/C12H13BrO2S/c13-11-6-1-2-7-12(11)16(15)10-5-3-4-9(14)8-10/h1-2,6-7,10H,3-5,8H2. The van der Waals surface area contributed by atoms with E-state index in [1.165, 1.54) is 0 Å². The number of Topliss-reactive ketones (excluding diaryl/α,β-unsaturated/α-hetero) is 1. The first kappa shape index (κ1) is 12.0. The van der Waals surface area contributed by atoms with Crippen LogP contribution in [0.3, 0.4) is 0 Å². The number of ketones is 1. The van der Waals surface area contributed by atoms with Gasteiger partial charge in [-0.1, -0.05) is 12.1 Å². The Kier molecular flexibility index (Phi) is 3.92. The number of carbonyl (C=O) groups excluding carboxylic acids is 1. The molecule has 1 aliphatic carbocycles. The molecule has 0 bridgehead atoms. The number of hydrogen-bond acceptors (Lipinski definition) is 2. The number of halogens is 1. The van der Waals surface area contributed by atoms with Crippen LogP contribution in [0.2, 0.25) is 0 Å². The average Bonchev–Trinajstić information content (AvgIpc) is 2.29. The molecule has 0 amide bonds. The van der Waals surface area contributed by atoms with Crippen LogP contribution in [0.1, 0.15) is 25.7 Å². The fraction of sp³-hybridized carbons (Fsp3) is 0.417. The highest BCUT2D eigenvalue weighted by Crippen LogP contribution is 2.28. The molecule has 2 unspecified atom stereocenters. The van der Waals surface area contributed by atoms with E-state index in [1.807, 2.05) is 24.3 Å². The second kappa shape index (κ2) is 5.23. The molecule has 0 aliphatic heterocycles. The number of rotatable bonds is 2. The minimum atomic E-state index is -1.07. The van der Waals surface area contributed by atoms with Gasteiger partial charge in [0.05, 0.1) is 15.7 Å². The molecule has 0 N–H and O–H groups in total. The van der Waals surface area contributed by atoms with Crippen molar-refractivity contribution in [2.24, 2.45) is 0 Å². The molecule has 0 saturated heterocycles. The van der Waals surface area contributed by atoms with Crippen molar-refractivity contribution in [1.82, 2.24) is 0 Å². The molecule has 86 valence electrons. The summed E-state index contributed by atoms with van der Waals surface area (Å²) in [5.74, 6) is 0.247. The van der Waals surface area contributed by atoms with Gasteiger partial charge in [0, 0.05) is 22.6 Å². The largest absolute Gasteiger partial charge is 0.300 e. The summed E-state index contributed by atoms with van der Waals surface area (Å²) in [7, 11) is -1.07. The highest BCUT2D eigenvalue weighted by atomic mass is 79.9. The molecule has 1 aromatic rings. The van der Waals surface area contributed by atoms with E-state index < -0.39 is 10.8 Å². The molecule has 2 rings (SSSR count). The van der Waals surface area contributed by atoms with Crippen molar-refractivity contribution < 1.29 is 9.00 Å². The van der Waals surface area contributed by atoms with E-state index in [9.17, 15) is 9.00 Å². The quantitative estimate of drug-likeness (QED) is 0.841. The van der Waals surface area contributed by atoms with Crippen LogP contribution in [0.5, 0.6) is 0 Å². The van der Waals surface area contributed by atoms with Gasteiger partial charge in [-0.05, 0) is 40.9 Å². The van der Waals surface area contributed by atoms with Crippen LogP contribution in [0.4, 0.5) is 0 Å². The SMILES string of the molecule is O=C1CCCC(S(=O)c2ccccc2Br)C1. The Hall–Kier alpha value is -0.480. The van der Waals surface area contributed by atoms with Crippen LogP contribution in [-0.4, -0.2) is 15.2 Å². The fourth-order valence-electron chi connectivity index (χ4n) is 1.96. The highest BCUT2D eigenvalue weighted by molar-refractivity contribution is 9.10. The summed E-state index contributed by atoms with van der Waals surface area (Å²) >= 11 is 3.40. The zero-order valence-corrected chi connectivity index (χ0v) is 11.2. The zero-order valence-electron chi connectivity index (χ0n) is 8.82. The van der Waals surface area contributed by atoms with E-state index in [1.54, 1.807) is 0 Å². The van der Waals surface area contributed by atoms with Crippen molar-refractivity contribution in [3.8, 4) is 0 Å². The number of carbonyl (C=O) groups is 1. The predicted octanol–water partition coefficient (Wildman–Crippen LogP) is 3.07. The molecule has 1 fully saturated rings. The number of benzene rings is 1. The summed E-state index contributed by atoms with van der Waals surface area (Å²) in [6.45, 7) is 0. The lowest BCUT2D eigenvalue weighted by Gasteiger charge is -2.20. The van der Waals surface area contributed by atoms with E-state index in [-0.39, 0.29) is 11.0 Å². The Labute approximate surface area is 106 Å². The van der Waals surface area contributed by atoms with Crippen molar-refractivity contribution >= 4 is 32.5 Å². The Morgan fingerprint density at radius 1 is 1.31 bits per heavy atom. The van der Waals surface area contributed by atoms with Crippen molar-refractivity contribution in [3.63, 3.8) is 0 Å². The molecule has 1 saturated carbocycles. The lowest BCUT2D eigenvalue weighted by Crippen LogP contribution is -2.24. The van der Waals surface area contributed by atoms with Crippen LogP contribution in [-0.2, 0) is 15.6 Å². The maximum atomic E-state index is 12.3. The smallest absolute Gasteiger partial charge is 0.134 e. The maximum absolute atomic E-state index is 12.3. The maximum Gasteiger partial charge on any atom is 0.134 e. The van der Waals surface area contributed by atoms with Gasteiger partial charge in [-0.15, -0.1) is 0 Å². The van der Waals surface area contributed by atoms with Gasteiger partial charge in [0.2, 0.25) is 0 Å². The molecule has 2 atom stereocenters. The third-order valence-corrected chi connectivity index (χ3v) is 5.54. The van der Waals surface area contributed by atoms with Gasteiger partial charge >= 0.3 is 0 Å². The lowest BCUT2D eigenvalue weighted by atomic mass is 9.99. The Bertz CT molecular complexity index is 431. The molecule has 0 aromatic heterocycles. The monoisotopic (exact) mass is 300 g/mol. The van der Waals surface area contributed by atoms with Crippen molar-refractivity contribution in [3.05, 3.63) is 28.7 Å². The molecule has 4 heteroatoms. The molecule has 1 aromatic carbocycles. The predicted molar refractivity (Wildman–Crippen MR) is 67.8 cm³/mol. The van der Waals surface area contributed by atoms with Crippen LogP contribution in [0.15, 0.2) is 33.6 Å². The van der Waals surface area contributed by atoms with E-state index in [0.717, 1.165) is 22.2 Å². The lowest BCUT2D eigenvalue weighted by molar-refractivity contribution is -0.120. The van der Waals surface area contributed by atoms with Crippen LogP contribution in [0.25, 0.3) is 0 Å². The summed E-state index contributed by atoms with van der Waals surface area (Å²) in [5, 5.41) is -0.0000463. The first-order valence-corrected chi connectivity index (χ1v) is 7.36. The summed E-state index contributed by atoms with van der Waals surface area (Å²) < 4.78 is 13.2. The van der Waals surface area contributed by atoms with Gasteiger partial charge < -0.3 is 0 Å². The zero-order chi connectivity index (χ0) is 11.5. The Morgan fingerprint density at radius 3 is 2.75 bits per heavy atom. The van der Waals surface area contributed by atoms with Gasteiger partial charge in [0.1, 0.15) is 5.78 Å². The molecule has 0 radical (unpaired) electrons. The average molecular weight is 301 g/mol. The van der Waals surface area contributed by atoms with Gasteiger partial charge in [-0.3, -0.25) is 9.00 Å². The molecule has 2 nitrogen and oxygen atoms in total. The van der Waals surface area contributed by atoms with E-state index >= 15 is 0 Å². The van der Waals surface area contributed by atoms with Gasteiger partial charge in [-0.2, -0.15) is 0 Å². The fourth-order valence-corrected chi connectivity index (χ4v) is 4.27. The van der Waals surface area contributed by atoms with Gasteiger partial charge in [0.15, 0.2) is 0 Å². The number of hydrogen-bond donors (Lipinski definition) is 0. The van der Waals surface area contributed by atoms with Crippen LogP contribution in [0, 0.1) is 0 Å². The first-order chi connectivity index (χ1) is 7.68. The first-order valence-electron chi connectivity index (χ1n) is 5.35. The van der Waals surface area contributed by atoms with E-state index in [0.29, 0.717) is 12.8 Å². The van der Waals surface area contributed by atoms with Crippen molar-refractivity contribution in [1.29, 1.82) is 0 Å². The summed E-state index contributed by atoms with van der Waals surface area (Å²) in [6, 6.07) is 7.52. The molecule has 0 heterocycles. The van der Waals surface area contributed by atoms with Crippen LogP contribution >= 0.6 is 15.9 Å². The second-order valence-electron chi connectivity index (χ2n) is 3.98. The van der Waals surface area contributed by atoms with Crippen molar-refractivity contribution in [2.75, 3.05) is 0 Å². The normalized spacial score (nSPS) is 23.1. The summed E-state index contributed by atoms with van der Waals surface area (Å²) in [4.78, 5) is 12.2. The molecule has 0 spiro atoms. The highest BCUT2D eigenvalue weighted by Gasteiger charge is 2.26. The third-order valence-electron chi connectivity index (χ3n) is 2.79. The van der Waals surface area contributed by atoms with E-state index in [4.69, 9.17) is 0 Å². The third kappa shape index (κ3) is 2.61. The van der Waals surface area contributed by atoms with Crippen molar-refractivity contribution in [2.45, 2.75) is 35.8 Å². The second-order valence-corrected chi connectivity index (χ2v) is 6.54. The molecular weight excluding hydrogens is 288 g/mol. The minimum Gasteiger partial charge on any atom is -0.300 e. The van der Waals surface area contributed by atoms with E-state index in [2.05, 4.69) is 15.9 Å². The Balaban J connectivity index is 2.19. The Morgan fingerprint density at radius 2 is 2.06 bits per heavy atom. The summed E-state index contributed by atoms with van der Waals surface area (Å²) in [6.07, 6.45) is 2.89. The van der Waals surface area contributed by atoms with Gasteiger partial charge in [0.25, 0.3) is 0 Å².